The van der Waals surface area contributed by atoms with Crippen LogP contribution in [0.4, 0.5) is 10.1 Å². The van der Waals surface area contributed by atoms with Crippen LogP contribution >= 0.6 is 11.8 Å². The molecule has 0 saturated carbocycles. The summed E-state index contributed by atoms with van der Waals surface area (Å²) in [6.45, 7) is 0.492. The second-order valence-electron chi connectivity index (χ2n) is 5.93. The summed E-state index contributed by atoms with van der Waals surface area (Å²) < 4.78 is 13.3. The summed E-state index contributed by atoms with van der Waals surface area (Å²) in [6.07, 6.45) is 2.82. The van der Waals surface area contributed by atoms with E-state index in [1.54, 1.807) is 17.8 Å². The molecule has 1 aliphatic rings. The molecule has 0 fully saturated rings. The van der Waals surface area contributed by atoms with Crippen LogP contribution in [0.2, 0.25) is 0 Å². The molecule has 1 aliphatic heterocycles. The highest BCUT2D eigenvalue weighted by Gasteiger charge is 2.30. The fraction of sp³-hybridized carbons (Fsp3) is 0.263. The van der Waals surface area contributed by atoms with Crippen molar-refractivity contribution < 1.29 is 14.0 Å². The van der Waals surface area contributed by atoms with Crippen molar-refractivity contribution in [2.24, 2.45) is 0 Å². The number of hydrogen-bond donors (Lipinski definition) is 2. The molecule has 1 unspecified atom stereocenters. The van der Waals surface area contributed by atoms with Crippen molar-refractivity contribution in [2.45, 2.75) is 23.7 Å². The molecule has 2 aromatic rings. The maximum absolute atomic E-state index is 13.3. The largest absolute Gasteiger partial charge is 0.355 e. The van der Waals surface area contributed by atoms with E-state index in [1.165, 1.54) is 17.0 Å². The number of halogens is 1. The Balaban J connectivity index is 1.62. The predicted molar refractivity (Wildman–Crippen MR) is 97.3 cm³/mol. The maximum Gasteiger partial charge on any atom is 0.228 e. The second-order valence-corrected chi connectivity index (χ2v) is 6.81. The Morgan fingerprint density at radius 3 is 2.76 bits per heavy atom. The van der Waals surface area contributed by atoms with Crippen molar-refractivity contribution in [1.29, 1.82) is 0 Å². The average molecular weight is 358 g/mol. The van der Waals surface area contributed by atoms with Gasteiger partial charge < -0.3 is 10.6 Å². The molecule has 1 heterocycles. The molecule has 25 heavy (non-hydrogen) atoms. The van der Waals surface area contributed by atoms with E-state index in [-0.39, 0.29) is 18.2 Å². The van der Waals surface area contributed by atoms with Gasteiger partial charge in [0.1, 0.15) is 5.82 Å². The number of fused-ring (bicyclic) bond motifs is 1. The van der Waals surface area contributed by atoms with Crippen LogP contribution in [0.15, 0.2) is 47.4 Å². The molecular weight excluding hydrogens is 339 g/mol. The Kier molecular flexibility index (Phi) is 5.38. The van der Waals surface area contributed by atoms with Crippen LogP contribution in [0.3, 0.4) is 0 Å². The Morgan fingerprint density at radius 2 is 2.04 bits per heavy atom. The Labute approximate surface area is 150 Å². The normalized spacial score (nSPS) is 16.1. The lowest BCUT2D eigenvalue weighted by Gasteiger charge is -2.24. The zero-order valence-corrected chi connectivity index (χ0v) is 14.7. The molecule has 0 aliphatic carbocycles. The summed E-state index contributed by atoms with van der Waals surface area (Å²) >= 11 is 1.69. The summed E-state index contributed by atoms with van der Waals surface area (Å²) in [4.78, 5) is 25.5. The second kappa shape index (κ2) is 7.70. The number of thioether (sulfide) groups is 1. The molecule has 0 spiro atoms. The highest BCUT2D eigenvalue weighted by Crippen LogP contribution is 2.32. The average Bonchev–Trinajstić information content (AvgIpc) is 2.61. The van der Waals surface area contributed by atoms with E-state index in [2.05, 4.69) is 22.8 Å². The first-order valence-corrected chi connectivity index (χ1v) is 9.29. The fourth-order valence-corrected chi connectivity index (χ4v) is 3.32. The first kappa shape index (κ1) is 17.5. The zero-order chi connectivity index (χ0) is 17.8. The molecular formula is C19H19FN2O2S. The molecule has 2 N–H and O–H groups in total. The number of anilines is 1. The van der Waals surface area contributed by atoms with Gasteiger partial charge in [-0.2, -0.15) is 0 Å². The van der Waals surface area contributed by atoms with Gasteiger partial charge in [-0.05, 0) is 48.1 Å². The van der Waals surface area contributed by atoms with Crippen LogP contribution in [-0.4, -0.2) is 24.6 Å². The third kappa shape index (κ3) is 4.20. The first-order chi connectivity index (χ1) is 12.1. The van der Waals surface area contributed by atoms with Crippen LogP contribution in [0, 0.1) is 5.82 Å². The summed E-state index contributed by atoms with van der Waals surface area (Å²) in [5.74, 6) is -1.49. The summed E-state index contributed by atoms with van der Waals surface area (Å²) in [7, 11) is 0. The van der Waals surface area contributed by atoms with E-state index < -0.39 is 11.7 Å². The van der Waals surface area contributed by atoms with E-state index in [1.807, 2.05) is 18.4 Å². The standard InChI is InChI=1S/C19H19FN2O2S/c1-25-14-5-2-12(3-6-14)8-9-21-19(24)16-11-18(23)22-17-10-13(20)4-7-15(16)17/h2-7,10,16H,8-9,11H2,1H3,(H,21,24)(H,22,23). The highest BCUT2D eigenvalue weighted by molar-refractivity contribution is 7.98. The highest BCUT2D eigenvalue weighted by atomic mass is 32.2. The molecule has 1 atom stereocenters. The van der Waals surface area contributed by atoms with Crippen molar-refractivity contribution >= 4 is 29.3 Å². The smallest absolute Gasteiger partial charge is 0.228 e. The molecule has 0 radical (unpaired) electrons. The summed E-state index contributed by atoms with van der Waals surface area (Å²) in [5.41, 5.74) is 2.17. The van der Waals surface area contributed by atoms with Crippen LogP contribution in [0.1, 0.15) is 23.5 Å². The lowest BCUT2D eigenvalue weighted by atomic mass is 9.89. The minimum atomic E-state index is -0.580. The van der Waals surface area contributed by atoms with E-state index >= 15 is 0 Å². The van der Waals surface area contributed by atoms with E-state index in [4.69, 9.17) is 0 Å². The van der Waals surface area contributed by atoms with Gasteiger partial charge in [-0.1, -0.05) is 18.2 Å². The van der Waals surface area contributed by atoms with Crippen molar-refractivity contribution in [2.75, 3.05) is 18.1 Å². The van der Waals surface area contributed by atoms with Crippen molar-refractivity contribution in [3.05, 3.63) is 59.4 Å². The van der Waals surface area contributed by atoms with Crippen LogP contribution in [0.25, 0.3) is 0 Å². The van der Waals surface area contributed by atoms with Gasteiger partial charge in [0.25, 0.3) is 0 Å². The maximum atomic E-state index is 13.3. The van der Waals surface area contributed by atoms with Gasteiger partial charge in [0.15, 0.2) is 0 Å². The van der Waals surface area contributed by atoms with E-state index in [9.17, 15) is 14.0 Å². The van der Waals surface area contributed by atoms with Gasteiger partial charge >= 0.3 is 0 Å². The summed E-state index contributed by atoms with van der Waals surface area (Å²) in [6, 6.07) is 12.3. The van der Waals surface area contributed by atoms with E-state index in [0.717, 1.165) is 12.0 Å². The van der Waals surface area contributed by atoms with Gasteiger partial charge in [0, 0.05) is 23.5 Å². The fourth-order valence-electron chi connectivity index (χ4n) is 2.92. The first-order valence-electron chi connectivity index (χ1n) is 8.07. The number of carbonyl (C=O) groups is 2. The summed E-state index contributed by atoms with van der Waals surface area (Å²) in [5, 5.41) is 5.51. The van der Waals surface area contributed by atoms with Crippen molar-refractivity contribution in [3.63, 3.8) is 0 Å². The lowest BCUT2D eigenvalue weighted by molar-refractivity contribution is -0.126. The minimum Gasteiger partial charge on any atom is -0.355 e. The topological polar surface area (TPSA) is 58.2 Å². The number of nitrogens with one attached hydrogen (secondary N) is 2. The van der Waals surface area contributed by atoms with Crippen molar-refractivity contribution in [1.82, 2.24) is 5.32 Å². The molecule has 0 saturated heterocycles. The monoisotopic (exact) mass is 358 g/mol. The van der Waals surface area contributed by atoms with Crippen LogP contribution < -0.4 is 10.6 Å². The van der Waals surface area contributed by atoms with Gasteiger partial charge in [0.05, 0.1) is 5.92 Å². The van der Waals surface area contributed by atoms with Gasteiger partial charge in [0.2, 0.25) is 11.8 Å². The number of carbonyl (C=O) groups excluding carboxylic acids is 2. The van der Waals surface area contributed by atoms with Crippen LogP contribution in [0.5, 0.6) is 0 Å². The molecule has 3 rings (SSSR count). The Morgan fingerprint density at radius 1 is 1.28 bits per heavy atom. The third-order valence-electron chi connectivity index (χ3n) is 4.24. The van der Waals surface area contributed by atoms with Crippen molar-refractivity contribution in [3.8, 4) is 0 Å². The minimum absolute atomic E-state index is 0.0763. The Bertz CT molecular complexity index is 793. The number of hydrogen-bond acceptors (Lipinski definition) is 3. The molecule has 0 bridgehead atoms. The quantitative estimate of drug-likeness (QED) is 0.806. The van der Waals surface area contributed by atoms with Gasteiger partial charge in [-0.15, -0.1) is 11.8 Å². The molecule has 2 amide bonds. The van der Waals surface area contributed by atoms with Gasteiger partial charge in [-0.25, -0.2) is 4.39 Å². The predicted octanol–water partition coefficient (Wildman–Crippen LogP) is 3.33. The van der Waals surface area contributed by atoms with Crippen LogP contribution in [-0.2, 0) is 16.0 Å². The van der Waals surface area contributed by atoms with Gasteiger partial charge in [-0.3, -0.25) is 9.59 Å². The van der Waals surface area contributed by atoms with E-state index in [0.29, 0.717) is 17.8 Å². The SMILES string of the molecule is CSc1ccc(CCNC(=O)C2CC(=O)Nc3cc(F)ccc32)cc1. The number of rotatable bonds is 5. The molecule has 6 heteroatoms. The number of benzene rings is 2. The molecule has 4 nitrogen and oxygen atoms in total. The Hall–Kier alpha value is -2.34. The molecule has 0 aromatic heterocycles. The number of amides is 2. The lowest BCUT2D eigenvalue weighted by Crippen LogP contribution is -2.36. The zero-order valence-electron chi connectivity index (χ0n) is 13.8. The molecule has 2 aromatic carbocycles. The molecule has 130 valence electrons. The third-order valence-corrected chi connectivity index (χ3v) is 4.99.